The van der Waals surface area contributed by atoms with Gasteiger partial charge < -0.3 is 15.2 Å². The van der Waals surface area contributed by atoms with Crippen LogP contribution in [0.25, 0.3) is 0 Å². The zero-order valence-electron chi connectivity index (χ0n) is 11.6. The molecule has 1 fully saturated rings. The fourth-order valence-corrected chi connectivity index (χ4v) is 3.40. The molecule has 1 unspecified atom stereocenters. The molecule has 116 valence electrons. The van der Waals surface area contributed by atoms with E-state index in [1.54, 1.807) is 0 Å². The predicted octanol–water partition coefficient (Wildman–Crippen LogP) is -0.384. The molecule has 2 rings (SSSR count). The Labute approximate surface area is 122 Å². The van der Waals surface area contributed by atoms with E-state index in [9.17, 15) is 13.2 Å². The number of carbonyl (C=O) groups excluding carboxylic acids is 1. The van der Waals surface area contributed by atoms with Crippen LogP contribution in [-0.2, 0) is 24.3 Å². The van der Waals surface area contributed by atoms with Crippen LogP contribution >= 0.6 is 0 Å². The molecular weight excluding hydrogens is 298 g/mol. The summed E-state index contributed by atoms with van der Waals surface area (Å²) in [5.74, 6) is -0.187. The van der Waals surface area contributed by atoms with Crippen LogP contribution in [0.1, 0.15) is 6.42 Å². The van der Waals surface area contributed by atoms with Gasteiger partial charge in [-0.05, 0) is 12.1 Å². The minimum Gasteiger partial charge on any atom is -0.469 e. The Morgan fingerprint density at radius 3 is 2.95 bits per heavy atom. The monoisotopic (exact) mass is 315 g/mol. The first-order valence-corrected chi connectivity index (χ1v) is 7.77. The number of rotatable bonds is 4. The second-order valence-corrected chi connectivity index (χ2v) is 6.49. The molecule has 0 amide bonds. The SMILES string of the molecule is COC(=O)CC1CN(S(=O)(=O)c2ccc(N)nc2)CCO1. The maximum Gasteiger partial charge on any atom is 0.308 e. The van der Waals surface area contributed by atoms with Crippen molar-refractivity contribution in [3.8, 4) is 0 Å². The average Bonchev–Trinajstić information content (AvgIpc) is 2.48. The van der Waals surface area contributed by atoms with E-state index in [4.69, 9.17) is 10.5 Å². The number of hydrogen-bond donors (Lipinski definition) is 1. The van der Waals surface area contributed by atoms with Crippen LogP contribution in [0.4, 0.5) is 5.82 Å². The third kappa shape index (κ3) is 3.69. The van der Waals surface area contributed by atoms with Gasteiger partial charge in [0.25, 0.3) is 0 Å². The van der Waals surface area contributed by atoms with Gasteiger partial charge in [0.2, 0.25) is 10.0 Å². The van der Waals surface area contributed by atoms with Crippen LogP contribution in [0, 0.1) is 0 Å². The molecule has 21 heavy (non-hydrogen) atoms. The first kappa shape index (κ1) is 15.7. The Bertz CT molecular complexity index is 602. The van der Waals surface area contributed by atoms with E-state index in [0.717, 1.165) is 0 Å². The smallest absolute Gasteiger partial charge is 0.308 e. The fraction of sp³-hybridized carbons (Fsp3) is 0.500. The molecule has 1 atom stereocenters. The molecule has 0 radical (unpaired) electrons. The average molecular weight is 315 g/mol. The summed E-state index contributed by atoms with van der Waals surface area (Å²) in [5.41, 5.74) is 5.45. The van der Waals surface area contributed by atoms with Gasteiger partial charge in [0.05, 0.1) is 26.2 Å². The summed E-state index contributed by atoms with van der Waals surface area (Å²) >= 11 is 0. The van der Waals surface area contributed by atoms with E-state index in [1.807, 2.05) is 0 Å². The largest absolute Gasteiger partial charge is 0.469 e. The quantitative estimate of drug-likeness (QED) is 0.753. The number of nitrogens with two attached hydrogens (primary N) is 1. The number of morpholine rings is 1. The van der Waals surface area contributed by atoms with Crippen molar-refractivity contribution in [1.82, 2.24) is 9.29 Å². The second-order valence-electron chi connectivity index (χ2n) is 4.55. The Hall–Kier alpha value is -1.71. The predicted molar refractivity (Wildman–Crippen MR) is 73.8 cm³/mol. The molecule has 0 aliphatic carbocycles. The number of methoxy groups -OCH3 is 1. The van der Waals surface area contributed by atoms with Crippen molar-refractivity contribution >= 4 is 21.8 Å². The molecule has 1 aromatic rings. The van der Waals surface area contributed by atoms with Crippen molar-refractivity contribution in [2.45, 2.75) is 17.4 Å². The molecule has 2 N–H and O–H groups in total. The highest BCUT2D eigenvalue weighted by atomic mass is 32.2. The van der Waals surface area contributed by atoms with Crippen molar-refractivity contribution in [3.05, 3.63) is 18.3 Å². The van der Waals surface area contributed by atoms with Crippen molar-refractivity contribution in [1.29, 1.82) is 0 Å². The lowest BCUT2D eigenvalue weighted by molar-refractivity contribution is -0.145. The van der Waals surface area contributed by atoms with Crippen molar-refractivity contribution in [3.63, 3.8) is 0 Å². The van der Waals surface area contributed by atoms with E-state index in [2.05, 4.69) is 9.72 Å². The molecule has 1 aromatic heterocycles. The highest BCUT2D eigenvalue weighted by molar-refractivity contribution is 7.89. The van der Waals surface area contributed by atoms with E-state index in [0.29, 0.717) is 0 Å². The summed E-state index contributed by atoms with van der Waals surface area (Å²) in [6.07, 6.45) is 0.723. The number of nitrogen functional groups attached to an aromatic ring is 1. The topological polar surface area (TPSA) is 112 Å². The molecule has 0 bridgehead atoms. The van der Waals surface area contributed by atoms with Crippen LogP contribution in [0.2, 0.25) is 0 Å². The number of ether oxygens (including phenoxy) is 2. The second kappa shape index (κ2) is 6.37. The molecule has 8 nitrogen and oxygen atoms in total. The van der Waals surface area contributed by atoms with Crippen LogP contribution < -0.4 is 5.73 Å². The van der Waals surface area contributed by atoms with E-state index < -0.39 is 22.1 Å². The molecule has 9 heteroatoms. The van der Waals surface area contributed by atoms with Gasteiger partial charge in [0, 0.05) is 19.3 Å². The van der Waals surface area contributed by atoms with Crippen molar-refractivity contribution in [2.75, 3.05) is 32.5 Å². The van der Waals surface area contributed by atoms with Gasteiger partial charge in [-0.15, -0.1) is 0 Å². The molecule has 1 aliphatic heterocycles. The minimum atomic E-state index is -3.67. The van der Waals surface area contributed by atoms with Crippen molar-refractivity contribution < 1.29 is 22.7 Å². The third-order valence-corrected chi connectivity index (χ3v) is 4.97. The first-order valence-electron chi connectivity index (χ1n) is 6.33. The number of aromatic nitrogens is 1. The lowest BCUT2D eigenvalue weighted by atomic mass is 10.2. The van der Waals surface area contributed by atoms with Crippen LogP contribution in [0.3, 0.4) is 0 Å². The van der Waals surface area contributed by atoms with Gasteiger partial charge in [0.1, 0.15) is 10.7 Å². The molecule has 1 aliphatic rings. The fourth-order valence-electron chi connectivity index (χ4n) is 2.00. The maximum absolute atomic E-state index is 12.5. The van der Waals surface area contributed by atoms with Gasteiger partial charge in [-0.1, -0.05) is 0 Å². The van der Waals surface area contributed by atoms with Crippen molar-refractivity contribution in [2.24, 2.45) is 0 Å². The summed E-state index contributed by atoms with van der Waals surface area (Å²) < 4.78 is 36.2. The summed E-state index contributed by atoms with van der Waals surface area (Å²) in [5, 5.41) is 0. The van der Waals surface area contributed by atoms with Gasteiger partial charge in [0.15, 0.2) is 0 Å². The van der Waals surface area contributed by atoms with Gasteiger partial charge >= 0.3 is 5.97 Å². The number of hydrogen-bond acceptors (Lipinski definition) is 7. The summed E-state index contributed by atoms with van der Waals surface area (Å²) in [4.78, 5) is 15.1. The van der Waals surface area contributed by atoms with Gasteiger partial charge in [-0.25, -0.2) is 13.4 Å². The summed E-state index contributed by atoms with van der Waals surface area (Å²) in [7, 11) is -2.39. The molecule has 0 spiro atoms. The van der Waals surface area contributed by atoms with Gasteiger partial charge in [-0.3, -0.25) is 4.79 Å². The number of pyridine rings is 1. The Balaban J connectivity index is 2.12. The highest BCUT2D eigenvalue weighted by Gasteiger charge is 2.32. The zero-order chi connectivity index (χ0) is 15.5. The number of carbonyl (C=O) groups is 1. The highest BCUT2D eigenvalue weighted by Crippen LogP contribution is 2.19. The maximum atomic E-state index is 12.5. The minimum absolute atomic E-state index is 0.0164. The Morgan fingerprint density at radius 2 is 2.33 bits per heavy atom. The van der Waals surface area contributed by atoms with Crippen LogP contribution in [-0.4, -0.2) is 56.6 Å². The normalized spacial score (nSPS) is 20.1. The zero-order valence-corrected chi connectivity index (χ0v) is 12.4. The first-order chi connectivity index (χ1) is 9.93. The van der Waals surface area contributed by atoms with Gasteiger partial charge in [-0.2, -0.15) is 4.31 Å². The molecule has 1 saturated heterocycles. The van der Waals surface area contributed by atoms with Crippen LogP contribution in [0.5, 0.6) is 0 Å². The standard InChI is InChI=1S/C12H17N3O5S/c1-19-12(16)6-9-8-15(4-5-20-9)21(17,18)10-2-3-11(13)14-7-10/h2-3,7,9H,4-6,8H2,1H3,(H2,13,14). The molecule has 0 aromatic carbocycles. The molecule has 0 saturated carbocycles. The third-order valence-electron chi connectivity index (χ3n) is 3.12. The Kier molecular flexibility index (Phi) is 4.76. The van der Waals surface area contributed by atoms with Crippen LogP contribution in [0.15, 0.2) is 23.2 Å². The molecule has 2 heterocycles. The summed E-state index contributed by atoms with van der Waals surface area (Å²) in [6, 6.07) is 2.84. The van der Waals surface area contributed by atoms with E-state index in [1.165, 1.54) is 29.7 Å². The Morgan fingerprint density at radius 1 is 1.57 bits per heavy atom. The lowest BCUT2D eigenvalue weighted by Crippen LogP contribution is -2.46. The number of esters is 1. The van der Waals surface area contributed by atoms with E-state index >= 15 is 0 Å². The molecular formula is C12H17N3O5S. The number of anilines is 1. The number of nitrogens with zero attached hydrogens (tertiary/aromatic N) is 2. The van der Waals surface area contributed by atoms with E-state index in [-0.39, 0.29) is 36.8 Å². The summed E-state index contributed by atoms with van der Waals surface area (Å²) in [6.45, 7) is 0.551. The lowest BCUT2D eigenvalue weighted by Gasteiger charge is -2.31. The number of sulfonamides is 1.